The van der Waals surface area contributed by atoms with Crippen LogP contribution in [-0.2, 0) is 15.0 Å². The van der Waals surface area contributed by atoms with Gasteiger partial charge in [-0.05, 0) is 41.1 Å². The molecule has 2 rings (SSSR count). The minimum absolute atomic E-state index is 0.0376. The van der Waals surface area contributed by atoms with Crippen molar-refractivity contribution in [3.63, 3.8) is 0 Å². The fourth-order valence-corrected chi connectivity index (χ4v) is 3.15. The first kappa shape index (κ1) is 14.6. The van der Waals surface area contributed by atoms with Crippen LogP contribution in [0.3, 0.4) is 0 Å². The summed E-state index contributed by atoms with van der Waals surface area (Å²) in [5.74, 6) is -0.856. The second kappa shape index (κ2) is 5.31. The van der Waals surface area contributed by atoms with Crippen molar-refractivity contribution < 1.29 is 17.1 Å². The molecule has 8 heteroatoms. The van der Waals surface area contributed by atoms with Gasteiger partial charge in [-0.15, -0.1) is 3.89 Å². The molecule has 1 fully saturated rings. The average molecular weight is 398 g/mol. The molecule has 0 radical (unpaired) electrons. The largest absolute Gasteiger partial charge is 0.302 e. The van der Waals surface area contributed by atoms with Gasteiger partial charge in [-0.1, -0.05) is 0 Å². The molecular formula is C11H12FIN2O3S. The lowest BCUT2D eigenvalue weighted by Gasteiger charge is -2.16. The Hall–Kier alpha value is -0.770. The molecule has 1 amide bonds. The number of anilines is 1. The van der Waals surface area contributed by atoms with E-state index in [9.17, 15) is 17.1 Å². The Morgan fingerprint density at radius 3 is 2.84 bits per heavy atom. The number of carbonyl (C=O) groups is 1. The Kier molecular flexibility index (Phi) is 4.09. The van der Waals surface area contributed by atoms with E-state index < -0.39 is 21.9 Å². The standard InChI is InChI=1S/C11H12FIN2O3S/c1-7-2-10(14-4-9(7)13)15-5-8(3-11(15)16)6-19(12,17)18/h2,4,8H,3,5-6H2,1H3. The number of rotatable bonds is 3. The predicted molar refractivity (Wildman–Crippen MR) is 77.0 cm³/mol. The summed E-state index contributed by atoms with van der Waals surface area (Å²) in [6, 6.07) is 1.77. The second-order valence-electron chi connectivity index (χ2n) is 4.57. The number of hydrogen-bond acceptors (Lipinski definition) is 4. The molecule has 0 bridgehead atoms. The van der Waals surface area contributed by atoms with Crippen LogP contribution in [0, 0.1) is 16.4 Å². The number of halogens is 2. The number of hydrogen-bond donors (Lipinski definition) is 0. The van der Waals surface area contributed by atoms with E-state index in [2.05, 4.69) is 27.6 Å². The minimum Gasteiger partial charge on any atom is -0.296 e. The Bertz CT molecular complexity index is 620. The second-order valence-corrected chi connectivity index (χ2v) is 7.14. The third-order valence-corrected chi connectivity index (χ3v) is 4.95. The molecule has 0 aliphatic carbocycles. The number of aryl methyl sites for hydroxylation is 1. The SMILES string of the molecule is Cc1cc(N2CC(CS(=O)(=O)F)CC2=O)ncc1I. The van der Waals surface area contributed by atoms with E-state index in [0.29, 0.717) is 5.82 Å². The molecule has 0 N–H and O–H groups in total. The van der Waals surface area contributed by atoms with Crippen molar-refractivity contribution in [2.75, 3.05) is 17.2 Å². The summed E-state index contributed by atoms with van der Waals surface area (Å²) in [4.78, 5) is 17.4. The van der Waals surface area contributed by atoms with Crippen LogP contribution < -0.4 is 4.90 Å². The van der Waals surface area contributed by atoms with Crippen molar-refractivity contribution in [3.8, 4) is 0 Å². The topological polar surface area (TPSA) is 67.3 Å². The Balaban J connectivity index is 2.18. The van der Waals surface area contributed by atoms with Crippen LogP contribution >= 0.6 is 22.6 Å². The maximum absolute atomic E-state index is 12.6. The van der Waals surface area contributed by atoms with Crippen molar-refractivity contribution in [1.29, 1.82) is 0 Å². The first-order chi connectivity index (χ1) is 8.76. The van der Waals surface area contributed by atoms with Gasteiger partial charge in [-0.25, -0.2) is 4.98 Å². The molecule has 1 unspecified atom stereocenters. The summed E-state index contributed by atoms with van der Waals surface area (Å²) in [5, 5.41) is 0. The molecule has 0 saturated carbocycles. The van der Waals surface area contributed by atoms with E-state index in [0.717, 1.165) is 9.13 Å². The molecule has 1 atom stereocenters. The zero-order chi connectivity index (χ0) is 14.2. The van der Waals surface area contributed by atoms with Crippen LogP contribution in [0.4, 0.5) is 9.70 Å². The predicted octanol–water partition coefficient (Wildman–Crippen LogP) is 1.65. The van der Waals surface area contributed by atoms with E-state index in [-0.39, 0.29) is 18.9 Å². The summed E-state index contributed by atoms with van der Waals surface area (Å²) in [7, 11) is -4.55. The van der Waals surface area contributed by atoms with Crippen molar-refractivity contribution in [2.24, 2.45) is 5.92 Å². The number of nitrogens with zero attached hydrogens (tertiary/aromatic N) is 2. The summed E-state index contributed by atoms with van der Waals surface area (Å²) >= 11 is 2.14. The van der Waals surface area contributed by atoms with Gasteiger partial charge in [0.05, 0.1) is 5.75 Å². The van der Waals surface area contributed by atoms with Gasteiger partial charge in [0.1, 0.15) is 5.82 Å². The van der Waals surface area contributed by atoms with Crippen LogP contribution in [0.2, 0.25) is 0 Å². The first-order valence-electron chi connectivity index (χ1n) is 5.61. The Morgan fingerprint density at radius 1 is 1.58 bits per heavy atom. The molecule has 2 heterocycles. The molecule has 0 spiro atoms. The van der Waals surface area contributed by atoms with E-state index in [4.69, 9.17) is 0 Å². The Labute approximate surface area is 124 Å². The maximum atomic E-state index is 12.6. The van der Waals surface area contributed by atoms with Gasteiger partial charge in [-0.3, -0.25) is 9.69 Å². The summed E-state index contributed by atoms with van der Waals surface area (Å²) in [6.07, 6.45) is 1.69. The van der Waals surface area contributed by atoms with Gasteiger partial charge in [0.15, 0.2) is 0 Å². The van der Waals surface area contributed by atoms with Gasteiger partial charge in [-0.2, -0.15) is 8.42 Å². The fraction of sp³-hybridized carbons (Fsp3) is 0.455. The molecule has 1 aromatic rings. The van der Waals surface area contributed by atoms with E-state index in [1.165, 1.54) is 4.90 Å². The van der Waals surface area contributed by atoms with Gasteiger partial charge < -0.3 is 0 Å². The lowest BCUT2D eigenvalue weighted by molar-refractivity contribution is -0.117. The Morgan fingerprint density at radius 2 is 2.26 bits per heavy atom. The van der Waals surface area contributed by atoms with Crippen molar-refractivity contribution >= 4 is 44.5 Å². The van der Waals surface area contributed by atoms with Gasteiger partial charge in [0, 0.05) is 28.7 Å². The van der Waals surface area contributed by atoms with Crippen LogP contribution in [0.5, 0.6) is 0 Å². The first-order valence-corrected chi connectivity index (χ1v) is 8.24. The molecule has 1 aliphatic heterocycles. The average Bonchev–Trinajstić information content (AvgIpc) is 2.61. The molecule has 0 aromatic carbocycles. The quantitative estimate of drug-likeness (QED) is 0.574. The smallest absolute Gasteiger partial charge is 0.296 e. The highest BCUT2D eigenvalue weighted by atomic mass is 127. The molecule has 1 aliphatic rings. The van der Waals surface area contributed by atoms with Crippen LogP contribution in [-0.4, -0.2) is 31.6 Å². The third kappa shape index (κ3) is 3.62. The molecule has 1 aromatic heterocycles. The third-order valence-electron chi connectivity index (χ3n) is 2.95. The number of amides is 1. The summed E-state index contributed by atoms with van der Waals surface area (Å²) in [6.45, 7) is 2.09. The highest BCUT2D eigenvalue weighted by molar-refractivity contribution is 14.1. The van der Waals surface area contributed by atoms with E-state index in [1.807, 2.05) is 6.92 Å². The van der Waals surface area contributed by atoms with Crippen molar-refractivity contribution in [3.05, 3.63) is 21.4 Å². The zero-order valence-corrected chi connectivity index (χ0v) is 13.1. The molecule has 104 valence electrons. The number of pyridine rings is 1. The molecule has 19 heavy (non-hydrogen) atoms. The normalized spacial score (nSPS) is 20.1. The number of aromatic nitrogens is 1. The van der Waals surface area contributed by atoms with Gasteiger partial charge >= 0.3 is 10.2 Å². The fourth-order valence-electron chi connectivity index (χ4n) is 2.07. The molecule has 5 nitrogen and oxygen atoms in total. The summed E-state index contributed by atoms with van der Waals surface area (Å²) in [5.41, 5.74) is 0.986. The van der Waals surface area contributed by atoms with Crippen LogP contribution in [0.1, 0.15) is 12.0 Å². The monoisotopic (exact) mass is 398 g/mol. The van der Waals surface area contributed by atoms with Crippen molar-refractivity contribution in [2.45, 2.75) is 13.3 Å². The lowest BCUT2D eigenvalue weighted by Crippen LogP contribution is -2.26. The lowest BCUT2D eigenvalue weighted by atomic mass is 10.1. The summed E-state index contributed by atoms with van der Waals surface area (Å²) < 4.78 is 34.9. The van der Waals surface area contributed by atoms with Gasteiger partial charge in [0.25, 0.3) is 0 Å². The van der Waals surface area contributed by atoms with E-state index >= 15 is 0 Å². The highest BCUT2D eigenvalue weighted by Crippen LogP contribution is 2.26. The van der Waals surface area contributed by atoms with Crippen LogP contribution in [0.25, 0.3) is 0 Å². The molecule has 1 saturated heterocycles. The van der Waals surface area contributed by atoms with Gasteiger partial charge in [0.2, 0.25) is 5.91 Å². The minimum atomic E-state index is -4.55. The van der Waals surface area contributed by atoms with E-state index in [1.54, 1.807) is 12.3 Å². The van der Waals surface area contributed by atoms with Crippen molar-refractivity contribution in [1.82, 2.24) is 4.98 Å². The maximum Gasteiger partial charge on any atom is 0.302 e. The zero-order valence-electron chi connectivity index (χ0n) is 10.1. The highest BCUT2D eigenvalue weighted by Gasteiger charge is 2.34. The van der Waals surface area contributed by atoms with Crippen LogP contribution in [0.15, 0.2) is 12.3 Å². The molecular weight excluding hydrogens is 386 g/mol. The number of carbonyl (C=O) groups excluding carboxylic acids is 1.